The van der Waals surface area contributed by atoms with Crippen LogP contribution in [-0.2, 0) is 0 Å². The van der Waals surface area contributed by atoms with Gasteiger partial charge in [-0.1, -0.05) is 17.7 Å². The smallest absolute Gasteiger partial charge is 0.394 e. The molecule has 0 heterocycles. The molecule has 1 rings (SSSR count). The second-order valence-corrected chi connectivity index (χ2v) is 3.07. The summed E-state index contributed by atoms with van der Waals surface area (Å²) in [6.45, 7) is 0.594. The molecule has 2 nitrogen and oxygen atoms in total. The minimum absolute atomic E-state index is 0.107. The van der Waals surface area contributed by atoms with Crippen LogP contribution in [0, 0.1) is 0 Å². The Bertz CT molecular complexity index is 347. The number of hydrogen-bond donors (Lipinski definition) is 0. The molecule has 0 saturated carbocycles. The van der Waals surface area contributed by atoms with Crippen molar-refractivity contribution in [1.82, 2.24) is 0 Å². The highest BCUT2D eigenvalue weighted by atomic mass is 35.5. The highest BCUT2D eigenvalue weighted by Gasteiger charge is 2.24. The molecule has 0 N–H and O–H groups in total. The standard InChI is InChI=1S/C9H7ClF2O2/c1-9(11,12)14-7-4-2-3-6(5-13)8(7)10/h2-5H,1H3. The van der Waals surface area contributed by atoms with Crippen LogP contribution >= 0.6 is 11.6 Å². The van der Waals surface area contributed by atoms with Gasteiger partial charge < -0.3 is 4.74 Å². The quantitative estimate of drug-likeness (QED) is 0.732. The van der Waals surface area contributed by atoms with E-state index in [-0.39, 0.29) is 16.3 Å². The van der Waals surface area contributed by atoms with Gasteiger partial charge in [0.25, 0.3) is 0 Å². The van der Waals surface area contributed by atoms with E-state index in [1.807, 2.05) is 0 Å². The first kappa shape index (κ1) is 10.9. The Morgan fingerprint density at radius 3 is 2.64 bits per heavy atom. The molecule has 0 fully saturated rings. The SMILES string of the molecule is CC(F)(F)Oc1cccc(C=O)c1Cl. The fraction of sp³-hybridized carbons (Fsp3) is 0.222. The van der Waals surface area contributed by atoms with Gasteiger partial charge in [-0.15, -0.1) is 0 Å². The average molecular weight is 221 g/mol. The summed E-state index contributed by atoms with van der Waals surface area (Å²) in [6.07, 6.45) is -2.84. The van der Waals surface area contributed by atoms with Gasteiger partial charge in [-0.2, -0.15) is 8.78 Å². The molecule has 1 aromatic rings. The van der Waals surface area contributed by atoms with Crippen molar-refractivity contribution >= 4 is 17.9 Å². The van der Waals surface area contributed by atoms with Gasteiger partial charge >= 0.3 is 6.11 Å². The molecule has 0 aliphatic carbocycles. The summed E-state index contributed by atoms with van der Waals surface area (Å²) in [5.41, 5.74) is 0.119. The normalized spacial score (nSPS) is 11.1. The molecule has 0 bridgehead atoms. The van der Waals surface area contributed by atoms with Crippen LogP contribution < -0.4 is 4.74 Å². The van der Waals surface area contributed by atoms with Gasteiger partial charge in [0, 0.05) is 12.5 Å². The monoisotopic (exact) mass is 220 g/mol. The van der Waals surface area contributed by atoms with E-state index in [4.69, 9.17) is 11.6 Å². The van der Waals surface area contributed by atoms with E-state index in [1.165, 1.54) is 18.2 Å². The van der Waals surface area contributed by atoms with Crippen LogP contribution in [0.5, 0.6) is 5.75 Å². The fourth-order valence-electron chi connectivity index (χ4n) is 0.891. The second kappa shape index (κ2) is 3.92. The van der Waals surface area contributed by atoms with Gasteiger partial charge in [0.15, 0.2) is 6.29 Å². The number of halogens is 3. The van der Waals surface area contributed by atoms with E-state index in [2.05, 4.69) is 4.74 Å². The lowest BCUT2D eigenvalue weighted by Crippen LogP contribution is -2.19. The number of aldehydes is 1. The Morgan fingerprint density at radius 2 is 2.14 bits per heavy atom. The minimum atomic E-state index is -3.31. The molecule has 0 aromatic heterocycles. The number of carbonyl (C=O) groups excluding carboxylic acids is 1. The summed E-state index contributed by atoms with van der Waals surface area (Å²) in [7, 11) is 0. The van der Waals surface area contributed by atoms with Crippen LogP contribution in [0.2, 0.25) is 5.02 Å². The van der Waals surface area contributed by atoms with Gasteiger partial charge in [0.05, 0.1) is 5.02 Å². The molecular weight excluding hydrogens is 214 g/mol. The Morgan fingerprint density at radius 1 is 1.50 bits per heavy atom. The third-order valence-corrected chi connectivity index (χ3v) is 1.81. The van der Waals surface area contributed by atoms with Crippen molar-refractivity contribution in [3.63, 3.8) is 0 Å². The van der Waals surface area contributed by atoms with Crippen LogP contribution in [0.1, 0.15) is 17.3 Å². The largest absolute Gasteiger partial charge is 0.431 e. The Labute approximate surface area is 84.4 Å². The summed E-state index contributed by atoms with van der Waals surface area (Å²) in [5, 5.41) is -0.107. The maximum Gasteiger partial charge on any atom is 0.394 e. The van der Waals surface area contributed by atoms with Crippen LogP contribution in [-0.4, -0.2) is 12.4 Å². The molecule has 0 radical (unpaired) electrons. The number of benzene rings is 1. The van der Waals surface area contributed by atoms with Gasteiger partial charge in [-0.3, -0.25) is 4.79 Å². The predicted molar refractivity (Wildman–Crippen MR) is 48.1 cm³/mol. The summed E-state index contributed by atoms with van der Waals surface area (Å²) >= 11 is 5.63. The molecule has 0 amide bonds. The zero-order valence-corrected chi connectivity index (χ0v) is 8.02. The predicted octanol–water partition coefficient (Wildman–Crippen LogP) is 3.14. The van der Waals surface area contributed by atoms with Crippen LogP contribution in [0.4, 0.5) is 8.78 Å². The lowest BCUT2D eigenvalue weighted by Gasteiger charge is -2.14. The van der Waals surface area contributed by atoms with Crippen molar-refractivity contribution in [2.75, 3.05) is 0 Å². The van der Waals surface area contributed by atoms with Crippen LogP contribution in [0.15, 0.2) is 18.2 Å². The Hall–Kier alpha value is -1.16. The van der Waals surface area contributed by atoms with Gasteiger partial charge in [-0.05, 0) is 12.1 Å². The van der Waals surface area contributed by atoms with Crippen molar-refractivity contribution < 1.29 is 18.3 Å². The van der Waals surface area contributed by atoms with E-state index in [0.29, 0.717) is 13.2 Å². The summed E-state index contributed by atoms with van der Waals surface area (Å²) in [6, 6.07) is 4.10. The van der Waals surface area contributed by atoms with E-state index in [0.717, 1.165) is 0 Å². The van der Waals surface area contributed by atoms with Crippen molar-refractivity contribution in [2.45, 2.75) is 13.0 Å². The highest BCUT2D eigenvalue weighted by molar-refractivity contribution is 6.34. The van der Waals surface area contributed by atoms with Crippen molar-refractivity contribution in [2.24, 2.45) is 0 Å². The molecule has 5 heteroatoms. The van der Waals surface area contributed by atoms with E-state index in [9.17, 15) is 13.6 Å². The number of ether oxygens (including phenoxy) is 1. The molecule has 0 spiro atoms. The number of carbonyl (C=O) groups is 1. The van der Waals surface area contributed by atoms with Gasteiger partial charge in [0.2, 0.25) is 0 Å². The zero-order valence-electron chi connectivity index (χ0n) is 7.26. The third kappa shape index (κ3) is 2.67. The number of hydrogen-bond acceptors (Lipinski definition) is 2. The molecule has 14 heavy (non-hydrogen) atoms. The molecule has 0 saturated heterocycles. The molecule has 76 valence electrons. The first-order valence-electron chi connectivity index (χ1n) is 3.74. The maximum absolute atomic E-state index is 12.5. The van der Waals surface area contributed by atoms with Gasteiger partial charge in [0.1, 0.15) is 5.75 Å². The topological polar surface area (TPSA) is 26.3 Å². The summed E-state index contributed by atoms with van der Waals surface area (Å²) in [5.74, 6) is -0.205. The maximum atomic E-state index is 12.5. The molecule has 0 unspecified atom stereocenters. The van der Waals surface area contributed by atoms with Crippen molar-refractivity contribution in [3.05, 3.63) is 28.8 Å². The van der Waals surface area contributed by atoms with Crippen LogP contribution in [0.25, 0.3) is 0 Å². The van der Waals surface area contributed by atoms with E-state index < -0.39 is 6.11 Å². The molecule has 1 aromatic carbocycles. The highest BCUT2D eigenvalue weighted by Crippen LogP contribution is 2.30. The first-order chi connectivity index (χ1) is 6.44. The lowest BCUT2D eigenvalue weighted by atomic mass is 10.2. The Kier molecular flexibility index (Phi) is 3.06. The molecule has 0 atom stereocenters. The average Bonchev–Trinajstić information content (AvgIpc) is 2.06. The third-order valence-electron chi connectivity index (χ3n) is 1.41. The second-order valence-electron chi connectivity index (χ2n) is 2.69. The summed E-state index contributed by atoms with van der Waals surface area (Å²) < 4.78 is 29.2. The van der Waals surface area contributed by atoms with Crippen molar-refractivity contribution in [1.29, 1.82) is 0 Å². The zero-order chi connectivity index (χ0) is 10.8. The van der Waals surface area contributed by atoms with E-state index in [1.54, 1.807) is 0 Å². The number of rotatable bonds is 3. The van der Waals surface area contributed by atoms with Crippen LogP contribution in [0.3, 0.4) is 0 Å². The lowest BCUT2D eigenvalue weighted by molar-refractivity contribution is -0.158. The molecular formula is C9H7ClF2O2. The van der Waals surface area contributed by atoms with Gasteiger partial charge in [-0.25, -0.2) is 0 Å². The van der Waals surface area contributed by atoms with Crippen molar-refractivity contribution in [3.8, 4) is 5.75 Å². The molecule has 0 aliphatic rings. The molecule has 0 aliphatic heterocycles. The fourth-order valence-corrected chi connectivity index (χ4v) is 1.10. The summed E-state index contributed by atoms with van der Waals surface area (Å²) in [4.78, 5) is 10.4. The minimum Gasteiger partial charge on any atom is -0.431 e. The number of alkyl halides is 2. The van der Waals surface area contributed by atoms with E-state index >= 15 is 0 Å². The first-order valence-corrected chi connectivity index (χ1v) is 4.12. The Balaban J connectivity index is 3.04.